The van der Waals surface area contributed by atoms with Crippen molar-refractivity contribution in [3.8, 4) is 0 Å². The molecule has 0 aliphatic carbocycles. The van der Waals surface area contributed by atoms with Gasteiger partial charge >= 0.3 is 6.03 Å². The van der Waals surface area contributed by atoms with Crippen LogP contribution in [0.1, 0.15) is 5.76 Å². The van der Waals surface area contributed by atoms with Crippen molar-refractivity contribution in [2.45, 2.75) is 6.54 Å². The van der Waals surface area contributed by atoms with Crippen LogP contribution in [0.25, 0.3) is 0 Å². The first-order chi connectivity index (χ1) is 8.58. The van der Waals surface area contributed by atoms with Crippen molar-refractivity contribution in [3.05, 3.63) is 54.0 Å². The lowest BCUT2D eigenvalue weighted by atomic mass is 10.2. The van der Waals surface area contributed by atoms with Crippen LogP contribution in [0.5, 0.6) is 0 Å². The molecule has 2 aromatic rings. The highest BCUT2D eigenvalue weighted by atomic mass is 19.2. The van der Waals surface area contributed by atoms with Gasteiger partial charge in [0.05, 0.1) is 12.8 Å². The van der Waals surface area contributed by atoms with Crippen molar-refractivity contribution < 1.29 is 18.0 Å². The van der Waals surface area contributed by atoms with E-state index in [1.54, 1.807) is 12.1 Å². The highest BCUT2D eigenvalue weighted by Gasteiger charge is 2.16. The Bertz CT molecular complexity index is 555. The summed E-state index contributed by atoms with van der Waals surface area (Å²) in [6, 6.07) is 5.63. The number of anilines is 1. The summed E-state index contributed by atoms with van der Waals surface area (Å²) in [5.74, 6) is -1.54. The topological polar surface area (TPSA) is 59.5 Å². The number of carbonyl (C=O) groups excluding carboxylic acids is 1. The number of amides is 2. The number of furan rings is 1. The Morgan fingerprint density at radius 3 is 2.61 bits per heavy atom. The van der Waals surface area contributed by atoms with Crippen molar-refractivity contribution >= 4 is 11.7 Å². The second-order valence-electron chi connectivity index (χ2n) is 3.60. The zero-order valence-corrected chi connectivity index (χ0v) is 9.27. The van der Waals surface area contributed by atoms with E-state index in [0.29, 0.717) is 5.76 Å². The van der Waals surface area contributed by atoms with E-state index in [0.717, 1.165) is 17.0 Å². The van der Waals surface area contributed by atoms with Crippen LogP contribution in [-0.4, -0.2) is 6.03 Å². The number of hydrogen-bond donors (Lipinski definition) is 1. The van der Waals surface area contributed by atoms with Crippen LogP contribution in [0.15, 0.2) is 41.0 Å². The van der Waals surface area contributed by atoms with Crippen molar-refractivity contribution in [2.75, 3.05) is 4.90 Å². The van der Waals surface area contributed by atoms with Crippen LogP contribution >= 0.6 is 0 Å². The quantitative estimate of drug-likeness (QED) is 0.912. The third-order valence-electron chi connectivity index (χ3n) is 2.37. The van der Waals surface area contributed by atoms with E-state index < -0.39 is 17.7 Å². The molecular weight excluding hydrogens is 242 g/mol. The third kappa shape index (κ3) is 2.48. The van der Waals surface area contributed by atoms with Crippen LogP contribution in [0.4, 0.5) is 19.3 Å². The molecule has 0 saturated carbocycles. The molecule has 1 aromatic carbocycles. The Kier molecular flexibility index (Phi) is 3.27. The number of urea groups is 1. The van der Waals surface area contributed by atoms with Gasteiger partial charge in [0.1, 0.15) is 5.76 Å². The summed E-state index contributed by atoms with van der Waals surface area (Å²) in [6.45, 7) is 0.0490. The van der Waals surface area contributed by atoms with Gasteiger partial charge in [-0.25, -0.2) is 13.6 Å². The molecule has 0 spiro atoms. The molecule has 4 nitrogen and oxygen atoms in total. The molecule has 0 aliphatic heterocycles. The van der Waals surface area contributed by atoms with Crippen molar-refractivity contribution in [1.82, 2.24) is 0 Å². The molecule has 0 atom stereocenters. The monoisotopic (exact) mass is 252 g/mol. The molecule has 0 fully saturated rings. The fourth-order valence-electron chi connectivity index (χ4n) is 1.51. The summed E-state index contributed by atoms with van der Waals surface area (Å²) in [7, 11) is 0. The molecule has 2 N–H and O–H groups in total. The van der Waals surface area contributed by atoms with E-state index in [4.69, 9.17) is 10.2 Å². The Morgan fingerprint density at radius 1 is 1.28 bits per heavy atom. The standard InChI is InChI=1S/C12H10F2N2O2/c13-10-4-3-8(6-11(10)14)16(12(15)17)7-9-2-1-5-18-9/h1-6H,7H2,(H2,15,17). The highest BCUT2D eigenvalue weighted by molar-refractivity contribution is 5.90. The molecule has 6 heteroatoms. The summed E-state index contributed by atoms with van der Waals surface area (Å²) in [5, 5.41) is 0. The lowest BCUT2D eigenvalue weighted by molar-refractivity contribution is 0.253. The Balaban J connectivity index is 2.29. The second-order valence-corrected chi connectivity index (χ2v) is 3.60. The molecule has 0 unspecified atom stereocenters. The smallest absolute Gasteiger partial charge is 0.319 e. The number of carbonyl (C=O) groups is 1. The number of hydrogen-bond acceptors (Lipinski definition) is 2. The van der Waals surface area contributed by atoms with E-state index in [2.05, 4.69) is 0 Å². The Hall–Kier alpha value is -2.37. The minimum atomic E-state index is -1.04. The average Bonchev–Trinajstić information content (AvgIpc) is 2.82. The van der Waals surface area contributed by atoms with E-state index >= 15 is 0 Å². The minimum Gasteiger partial charge on any atom is -0.467 e. The predicted molar refractivity (Wildman–Crippen MR) is 60.8 cm³/mol. The maximum Gasteiger partial charge on any atom is 0.319 e. The molecular formula is C12H10F2N2O2. The maximum atomic E-state index is 13.1. The van der Waals surface area contributed by atoms with Crippen molar-refractivity contribution in [1.29, 1.82) is 0 Å². The molecule has 0 bridgehead atoms. The van der Waals surface area contributed by atoms with Gasteiger partial charge in [0, 0.05) is 11.8 Å². The SMILES string of the molecule is NC(=O)N(Cc1ccco1)c1ccc(F)c(F)c1. The van der Waals surface area contributed by atoms with E-state index in [1.807, 2.05) is 0 Å². The predicted octanol–water partition coefficient (Wildman–Crippen LogP) is 2.64. The summed E-state index contributed by atoms with van der Waals surface area (Å²) < 4.78 is 31.0. The summed E-state index contributed by atoms with van der Waals surface area (Å²) in [6.07, 6.45) is 1.44. The molecule has 1 aromatic heterocycles. The molecule has 1 heterocycles. The van der Waals surface area contributed by atoms with Crippen LogP contribution < -0.4 is 10.6 Å². The first-order valence-corrected chi connectivity index (χ1v) is 5.12. The average molecular weight is 252 g/mol. The number of nitrogens with zero attached hydrogens (tertiary/aromatic N) is 1. The van der Waals surface area contributed by atoms with Gasteiger partial charge in [0.15, 0.2) is 11.6 Å². The van der Waals surface area contributed by atoms with Gasteiger partial charge in [0.2, 0.25) is 0 Å². The van der Waals surface area contributed by atoms with Gasteiger partial charge in [-0.3, -0.25) is 4.90 Å². The lowest BCUT2D eigenvalue weighted by Crippen LogP contribution is -2.35. The van der Waals surface area contributed by atoms with Crippen molar-refractivity contribution in [3.63, 3.8) is 0 Å². The first-order valence-electron chi connectivity index (χ1n) is 5.12. The number of nitrogens with two attached hydrogens (primary N) is 1. The van der Waals surface area contributed by atoms with Crippen LogP contribution in [-0.2, 0) is 6.54 Å². The first kappa shape index (κ1) is 12.1. The van der Waals surface area contributed by atoms with Gasteiger partial charge in [-0.2, -0.15) is 0 Å². The molecule has 2 amide bonds. The van der Waals surface area contributed by atoms with E-state index in [1.165, 1.54) is 12.3 Å². The van der Waals surface area contributed by atoms with Gasteiger partial charge in [0.25, 0.3) is 0 Å². The van der Waals surface area contributed by atoms with Gasteiger partial charge < -0.3 is 10.2 Å². The summed E-state index contributed by atoms with van der Waals surface area (Å²) >= 11 is 0. The lowest BCUT2D eigenvalue weighted by Gasteiger charge is -2.19. The number of halogens is 2. The zero-order valence-electron chi connectivity index (χ0n) is 9.27. The molecule has 2 rings (SSSR count). The molecule has 18 heavy (non-hydrogen) atoms. The van der Waals surface area contributed by atoms with Gasteiger partial charge in [-0.1, -0.05) is 0 Å². The van der Waals surface area contributed by atoms with Gasteiger partial charge in [-0.05, 0) is 24.3 Å². The number of primary amides is 1. The van der Waals surface area contributed by atoms with Gasteiger partial charge in [-0.15, -0.1) is 0 Å². The fraction of sp³-hybridized carbons (Fsp3) is 0.0833. The number of rotatable bonds is 3. The maximum absolute atomic E-state index is 13.1. The van der Waals surface area contributed by atoms with Crippen LogP contribution in [0.2, 0.25) is 0 Å². The van der Waals surface area contributed by atoms with E-state index in [-0.39, 0.29) is 12.2 Å². The molecule has 94 valence electrons. The molecule has 0 aliphatic rings. The third-order valence-corrected chi connectivity index (χ3v) is 2.37. The number of benzene rings is 1. The zero-order chi connectivity index (χ0) is 13.1. The highest BCUT2D eigenvalue weighted by Crippen LogP contribution is 2.20. The normalized spacial score (nSPS) is 10.3. The summed E-state index contributed by atoms with van der Waals surface area (Å²) in [4.78, 5) is 12.4. The fourth-order valence-corrected chi connectivity index (χ4v) is 1.51. The summed E-state index contributed by atoms with van der Waals surface area (Å²) in [5.41, 5.74) is 5.37. The second kappa shape index (κ2) is 4.87. The molecule has 0 saturated heterocycles. The Morgan fingerprint density at radius 2 is 2.06 bits per heavy atom. The van der Waals surface area contributed by atoms with Crippen LogP contribution in [0, 0.1) is 11.6 Å². The van der Waals surface area contributed by atoms with E-state index in [9.17, 15) is 13.6 Å². The molecule has 0 radical (unpaired) electrons. The van der Waals surface area contributed by atoms with Crippen LogP contribution in [0.3, 0.4) is 0 Å². The largest absolute Gasteiger partial charge is 0.467 e. The van der Waals surface area contributed by atoms with Crippen molar-refractivity contribution in [2.24, 2.45) is 5.73 Å². The Labute approximate surface area is 102 Å². The minimum absolute atomic E-state index is 0.0490.